The van der Waals surface area contributed by atoms with E-state index in [9.17, 15) is 10.0 Å². The third-order valence-electron chi connectivity index (χ3n) is 3.28. The molecular formula is C13H19N3O4. The first-order valence-corrected chi connectivity index (χ1v) is 6.57. The molecule has 0 atom stereocenters. The van der Waals surface area contributed by atoms with Crippen LogP contribution in [-0.4, -0.2) is 61.2 Å². The van der Waals surface area contributed by atoms with E-state index >= 15 is 0 Å². The fourth-order valence-corrected chi connectivity index (χ4v) is 2.24. The Balaban J connectivity index is 1.97. The van der Waals surface area contributed by atoms with Gasteiger partial charge in [-0.3, -0.25) is 4.90 Å². The third-order valence-corrected chi connectivity index (χ3v) is 3.28. The van der Waals surface area contributed by atoms with E-state index in [0.29, 0.717) is 5.75 Å². The predicted octanol–water partition coefficient (Wildman–Crippen LogP) is 0.609. The topological polar surface area (TPSA) is 85.6 Å². The summed E-state index contributed by atoms with van der Waals surface area (Å²) in [5, 5.41) is 21.6. The number of nitroso groups, excluding NO2 is 1. The van der Waals surface area contributed by atoms with Crippen molar-refractivity contribution in [3.63, 3.8) is 0 Å². The lowest BCUT2D eigenvalue weighted by molar-refractivity contribution is 0.201. The molecule has 20 heavy (non-hydrogen) atoms. The molecule has 1 saturated heterocycles. The molecule has 1 fully saturated rings. The maximum Gasteiger partial charge on any atom is 0.142 e. The molecule has 7 heteroatoms. The van der Waals surface area contributed by atoms with E-state index in [1.165, 1.54) is 0 Å². The Bertz CT molecular complexity index is 447. The van der Waals surface area contributed by atoms with Crippen LogP contribution >= 0.6 is 0 Å². The van der Waals surface area contributed by atoms with Crippen molar-refractivity contribution in [1.29, 1.82) is 0 Å². The number of benzene rings is 1. The summed E-state index contributed by atoms with van der Waals surface area (Å²) in [7, 11) is 0. The summed E-state index contributed by atoms with van der Waals surface area (Å²) in [6.45, 7) is 3.32. The SMILES string of the molecule is O=NCN1CCN(c2ccc(OCCO)cc2O)CC1. The summed E-state index contributed by atoms with van der Waals surface area (Å²) in [5.74, 6) is 0.687. The van der Waals surface area contributed by atoms with Gasteiger partial charge in [-0.05, 0) is 12.1 Å². The van der Waals surface area contributed by atoms with Gasteiger partial charge in [-0.15, -0.1) is 4.91 Å². The maximum absolute atomic E-state index is 10.2. The van der Waals surface area contributed by atoms with Crippen LogP contribution in [0.2, 0.25) is 0 Å². The molecule has 0 radical (unpaired) electrons. The number of hydrogen-bond donors (Lipinski definition) is 2. The van der Waals surface area contributed by atoms with Crippen LogP contribution in [0.3, 0.4) is 0 Å². The molecule has 0 bridgehead atoms. The number of phenolic OH excluding ortho intramolecular Hbond substituents is 1. The van der Waals surface area contributed by atoms with Gasteiger partial charge in [0.2, 0.25) is 0 Å². The van der Waals surface area contributed by atoms with Crippen molar-refractivity contribution < 1.29 is 14.9 Å². The highest BCUT2D eigenvalue weighted by Crippen LogP contribution is 2.31. The van der Waals surface area contributed by atoms with Gasteiger partial charge in [0.25, 0.3) is 0 Å². The van der Waals surface area contributed by atoms with Gasteiger partial charge >= 0.3 is 0 Å². The summed E-state index contributed by atoms with van der Waals surface area (Å²) in [5.41, 5.74) is 0.750. The van der Waals surface area contributed by atoms with Crippen LogP contribution in [0.15, 0.2) is 23.4 Å². The summed E-state index contributed by atoms with van der Waals surface area (Å²) in [6, 6.07) is 5.12. The third kappa shape index (κ3) is 3.58. The number of nitrogens with zero attached hydrogens (tertiary/aromatic N) is 3. The van der Waals surface area contributed by atoms with Gasteiger partial charge in [-0.2, -0.15) is 0 Å². The number of aliphatic hydroxyl groups is 1. The first-order chi connectivity index (χ1) is 9.74. The molecule has 2 rings (SSSR count). The maximum atomic E-state index is 10.2. The first kappa shape index (κ1) is 14.5. The normalized spacial score (nSPS) is 16.1. The van der Waals surface area contributed by atoms with E-state index in [4.69, 9.17) is 9.84 Å². The minimum Gasteiger partial charge on any atom is -0.506 e. The van der Waals surface area contributed by atoms with Crippen molar-refractivity contribution >= 4 is 5.69 Å². The number of ether oxygens (including phenoxy) is 1. The highest BCUT2D eigenvalue weighted by Gasteiger charge is 2.19. The standard InChI is InChI=1S/C13H19N3O4/c17-7-8-20-11-1-2-12(13(18)9-11)16-5-3-15(4-6-16)10-14-19/h1-2,9,17-18H,3-8,10H2. The summed E-state index contributed by atoms with van der Waals surface area (Å²) < 4.78 is 5.24. The first-order valence-electron chi connectivity index (χ1n) is 6.57. The fraction of sp³-hybridized carbons (Fsp3) is 0.538. The smallest absolute Gasteiger partial charge is 0.142 e. The zero-order valence-corrected chi connectivity index (χ0v) is 11.2. The molecule has 0 amide bonds. The van der Waals surface area contributed by atoms with Gasteiger partial charge in [-0.1, -0.05) is 5.18 Å². The predicted molar refractivity (Wildman–Crippen MR) is 75.1 cm³/mol. The second-order valence-corrected chi connectivity index (χ2v) is 4.60. The molecule has 2 N–H and O–H groups in total. The van der Waals surface area contributed by atoms with E-state index in [1.807, 2.05) is 4.90 Å². The number of hydrogen-bond acceptors (Lipinski definition) is 7. The Kier molecular flexibility index (Phi) is 5.14. The second-order valence-electron chi connectivity index (χ2n) is 4.60. The molecule has 0 unspecified atom stereocenters. The lowest BCUT2D eigenvalue weighted by Gasteiger charge is -2.35. The average Bonchev–Trinajstić information content (AvgIpc) is 2.47. The molecule has 1 heterocycles. The van der Waals surface area contributed by atoms with Crippen molar-refractivity contribution in [2.45, 2.75) is 0 Å². The Morgan fingerprint density at radius 2 is 2.00 bits per heavy atom. The summed E-state index contributed by atoms with van der Waals surface area (Å²) in [4.78, 5) is 14.3. The van der Waals surface area contributed by atoms with E-state index in [2.05, 4.69) is 10.1 Å². The van der Waals surface area contributed by atoms with Crippen molar-refractivity contribution in [1.82, 2.24) is 4.90 Å². The van der Waals surface area contributed by atoms with Crippen molar-refractivity contribution in [3.05, 3.63) is 23.1 Å². The molecule has 0 aliphatic carbocycles. The van der Waals surface area contributed by atoms with E-state index in [-0.39, 0.29) is 25.6 Å². The Morgan fingerprint density at radius 3 is 2.60 bits per heavy atom. The molecule has 110 valence electrons. The minimum atomic E-state index is -0.0603. The van der Waals surface area contributed by atoms with Gasteiger partial charge < -0.3 is 19.8 Å². The van der Waals surface area contributed by atoms with Crippen LogP contribution in [-0.2, 0) is 0 Å². The van der Waals surface area contributed by atoms with Crippen LogP contribution in [0.25, 0.3) is 0 Å². The highest BCUT2D eigenvalue weighted by molar-refractivity contribution is 5.60. The number of rotatable bonds is 6. The van der Waals surface area contributed by atoms with Gasteiger partial charge in [0.15, 0.2) is 0 Å². The highest BCUT2D eigenvalue weighted by atomic mass is 16.5. The zero-order chi connectivity index (χ0) is 14.4. The van der Waals surface area contributed by atoms with E-state index in [1.54, 1.807) is 18.2 Å². The Hall–Kier alpha value is -1.86. The number of aliphatic hydroxyl groups excluding tert-OH is 1. The van der Waals surface area contributed by atoms with Crippen LogP contribution in [0.1, 0.15) is 0 Å². The summed E-state index contributed by atoms with van der Waals surface area (Å²) in [6.07, 6.45) is 0. The van der Waals surface area contributed by atoms with Crippen molar-refractivity contribution in [2.24, 2.45) is 5.18 Å². The van der Waals surface area contributed by atoms with Gasteiger partial charge in [-0.25, -0.2) is 0 Å². The van der Waals surface area contributed by atoms with Crippen LogP contribution in [0, 0.1) is 4.91 Å². The second kappa shape index (κ2) is 7.06. The number of piperazine rings is 1. The number of phenols is 1. The monoisotopic (exact) mass is 281 g/mol. The molecule has 0 saturated carbocycles. The molecule has 0 aromatic heterocycles. The lowest BCUT2D eigenvalue weighted by Crippen LogP contribution is -2.46. The molecule has 1 aromatic rings. The van der Waals surface area contributed by atoms with Crippen LogP contribution in [0.5, 0.6) is 11.5 Å². The van der Waals surface area contributed by atoms with Crippen molar-refractivity contribution in [2.75, 3.05) is 51.0 Å². The quantitative estimate of drug-likeness (QED) is 0.743. The molecular weight excluding hydrogens is 262 g/mol. The van der Waals surface area contributed by atoms with Crippen LogP contribution in [0.4, 0.5) is 5.69 Å². The Labute approximate surface area is 117 Å². The van der Waals surface area contributed by atoms with E-state index in [0.717, 1.165) is 31.9 Å². The Morgan fingerprint density at radius 1 is 1.25 bits per heavy atom. The van der Waals surface area contributed by atoms with Gasteiger partial charge in [0.1, 0.15) is 24.8 Å². The molecule has 1 aliphatic rings. The van der Waals surface area contributed by atoms with Gasteiger partial charge in [0, 0.05) is 32.2 Å². The number of aromatic hydroxyl groups is 1. The van der Waals surface area contributed by atoms with E-state index < -0.39 is 0 Å². The molecule has 0 spiro atoms. The molecule has 7 nitrogen and oxygen atoms in total. The van der Waals surface area contributed by atoms with Crippen LogP contribution < -0.4 is 9.64 Å². The fourth-order valence-electron chi connectivity index (χ4n) is 2.24. The molecule has 1 aromatic carbocycles. The lowest BCUT2D eigenvalue weighted by atomic mass is 10.2. The van der Waals surface area contributed by atoms with Crippen molar-refractivity contribution in [3.8, 4) is 11.5 Å². The molecule has 1 aliphatic heterocycles. The summed E-state index contributed by atoms with van der Waals surface area (Å²) >= 11 is 0. The minimum absolute atomic E-state index is 0.0603. The zero-order valence-electron chi connectivity index (χ0n) is 11.2. The van der Waals surface area contributed by atoms with Gasteiger partial charge in [0.05, 0.1) is 12.3 Å². The largest absolute Gasteiger partial charge is 0.506 e. The average molecular weight is 281 g/mol. The number of anilines is 1.